The van der Waals surface area contributed by atoms with Crippen LogP contribution in [0.5, 0.6) is 0 Å². The van der Waals surface area contributed by atoms with Gasteiger partial charge in [-0.1, -0.05) is 24.6 Å². The third-order valence-corrected chi connectivity index (χ3v) is 2.54. The van der Waals surface area contributed by atoms with Crippen molar-refractivity contribution in [1.29, 1.82) is 0 Å². The van der Waals surface area contributed by atoms with Gasteiger partial charge in [-0.05, 0) is 23.6 Å². The Hall–Kier alpha value is -1.03. The molecule has 0 bridgehead atoms. The average molecular weight is 251 g/mol. The molecule has 16 heavy (non-hydrogen) atoms. The van der Waals surface area contributed by atoms with Crippen LogP contribution in [-0.4, -0.2) is 6.29 Å². The number of carbonyl (C=O) groups is 1. The van der Waals surface area contributed by atoms with Gasteiger partial charge in [0.15, 0.2) is 0 Å². The zero-order chi connectivity index (χ0) is 12.3. The van der Waals surface area contributed by atoms with Gasteiger partial charge < -0.3 is 4.79 Å². The summed E-state index contributed by atoms with van der Waals surface area (Å²) in [5, 5.41) is 0.0365. The summed E-state index contributed by atoms with van der Waals surface area (Å²) >= 11 is 5.54. The van der Waals surface area contributed by atoms with Gasteiger partial charge in [-0.3, -0.25) is 0 Å². The zero-order valence-corrected chi connectivity index (χ0v) is 9.27. The average Bonchev–Trinajstić information content (AvgIpc) is 2.16. The highest BCUT2D eigenvalue weighted by atomic mass is 35.5. The molecule has 1 atom stereocenters. The topological polar surface area (TPSA) is 17.1 Å². The first-order valence-corrected chi connectivity index (χ1v) is 5.04. The molecule has 0 aliphatic carbocycles. The third kappa shape index (κ3) is 2.98. The van der Waals surface area contributed by atoms with Crippen molar-refractivity contribution < 1.29 is 18.0 Å². The summed E-state index contributed by atoms with van der Waals surface area (Å²) in [5.41, 5.74) is -0.668. The van der Waals surface area contributed by atoms with Gasteiger partial charge in [-0.25, -0.2) is 0 Å². The fraction of sp³-hybridized carbons (Fsp3) is 0.364. The van der Waals surface area contributed by atoms with Crippen LogP contribution in [0.2, 0.25) is 5.02 Å². The molecule has 0 saturated heterocycles. The van der Waals surface area contributed by atoms with Crippen LogP contribution in [0.1, 0.15) is 30.4 Å². The molecular formula is C11H10ClF3O. The first-order valence-electron chi connectivity index (χ1n) is 4.66. The van der Waals surface area contributed by atoms with Crippen molar-refractivity contribution in [3.63, 3.8) is 0 Å². The van der Waals surface area contributed by atoms with Crippen molar-refractivity contribution in [2.75, 3.05) is 0 Å². The molecule has 1 aromatic rings. The molecule has 0 heterocycles. The van der Waals surface area contributed by atoms with Gasteiger partial charge in [0.2, 0.25) is 0 Å². The van der Waals surface area contributed by atoms with E-state index in [9.17, 15) is 18.0 Å². The third-order valence-electron chi connectivity index (χ3n) is 2.30. The number of hydrogen-bond acceptors (Lipinski definition) is 1. The van der Waals surface area contributed by atoms with E-state index in [4.69, 9.17) is 11.6 Å². The van der Waals surface area contributed by atoms with Gasteiger partial charge in [0.05, 0.1) is 5.56 Å². The normalized spacial score (nSPS) is 13.6. The monoisotopic (exact) mass is 250 g/mol. The van der Waals surface area contributed by atoms with Crippen molar-refractivity contribution >= 4 is 17.9 Å². The van der Waals surface area contributed by atoms with Gasteiger partial charge in [-0.15, -0.1) is 0 Å². The van der Waals surface area contributed by atoms with Crippen LogP contribution < -0.4 is 0 Å². The van der Waals surface area contributed by atoms with Crippen molar-refractivity contribution in [2.24, 2.45) is 0 Å². The van der Waals surface area contributed by atoms with Gasteiger partial charge in [-0.2, -0.15) is 13.2 Å². The molecule has 0 aliphatic rings. The molecule has 88 valence electrons. The minimum absolute atomic E-state index is 0.0365. The number of hydrogen-bond donors (Lipinski definition) is 0. The van der Waals surface area contributed by atoms with Crippen LogP contribution in [0.4, 0.5) is 13.2 Å². The van der Waals surface area contributed by atoms with Crippen LogP contribution in [0, 0.1) is 0 Å². The van der Waals surface area contributed by atoms with Crippen LogP contribution in [0.3, 0.4) is 0 Å². The van der Waals surface area contributed by atoms with Crippen molar-refractivity contribution in [1.82, 2.24) is 0 Å². The maximum atomic E-state index is 12.7. The van der Waals surface area contributed by atoms with Gasteiger partial charge >= 0.3 is 6.18 Å². The Morgan fingerprint density at radius 2 is 2.06 bits per heavy atom. The molecule has 5 heteroatoms. The number of aldehydes is 1. The van der Waals surface area contributed by atoms with E-state index < -0.39 is 17.7 Å². The lowest BCUT2D eigenvalue weighted by Gasteiger charge is -2.17. The molecule has 0 radical (unpaired) electrons. The van der Waals surface area contributed by atoms with E-state index in [1.165, 1.54) is 12.1 Å². The molecule has 0 N–H and O–H groups in total. The highest BCUT2D eigenvalue weighted by molar-refractivity contribution is 6.30. The van der Waals surface area contributed by atoms with E-state index in [0.29, 0.717) is 6.29 Å². The van der Waals surface area contributed by atoms with Crippen LogP contribution in [-0.2, 0) is 11.0 Å². The summed E-state index contributed by atoms with van der Waals surface area (Å²) < 4.78 is 38.0. The van der Waals surface area contributed by atoms with Gasteiger partial charge in [0.25, 0.3) is 0 Å². The summed E-state index contributed by atoms with van der Waals surface area (Å²) in [4.78, 5) is 10.3. The zero-order valence-electron chi connectivity index (χ0n) is 8.51. The Morgan fingerprint density at radius 3 is 2.56 bits per heavy atom. The second-order valence-corrected chi connectivity index (χ2v) is 3.97. The number of benzene rings is 1. The number of halogens is 4. The predicted molar refractivity (Wildman–Crippen MR) is 55.6 cm³/mol. The van der Waals surface area contributed by atoms with Crippen LogP contribution >= 0.6 is 11.6 Å². The number of alkyl halides is 3. The molecule has 1 unspecified atom stereocenters. The first-order chi connectivity index (χ1) is 7.36. The lowest BCUT2D eigenvalue weighted by Crippen LogP contribution is -2.11. The quantitative estimate of drug-likeness (QED) is 0.740. The Labute approximate surface area is 96.2 Å². The SMILES string of the molecule is CC(CC=O)c1ccc(Cl)cc1C(F)(F)F. The highest BCUT2D eigenvalue weighted by Crippen LogP contribution is 2.37. The van der Waals surface area contributed by atoms with E-state index in [1.54, 1.807) is 6.92 Å². The van der Waals surface area contributed by atoms with Crippen molar-refractivity contribution in [3.8, 4) is 0 Å². The molecular weight excluding hydrogens is 241 g/mol. The summed E-state index contributed by atoms with van der Waals surface area (Å²) in [5.74, 6) is -0.466. The lowest BCUT2D eigenvalue weighted by molar-refractivity contribution is -0.138. The second kappa shape index (κ2) is 4.87. The molecule has 0 fully saturated rings. The summed E-state index contributed by atoms with van der Waals surface area (Å²) in [6, 6.07) is 3.60. The summed E-state index contributed by atoms with van der Waals surface area (Å²) in [6.45, 7) is 1.58. The van der Waals surface area contributed by atoms with E-state index >= 15 is 0 Å². The lowest BCUT2D eigenvalue weighted by atomic mass is 9.93. The van der Waals surface area contributed by atoms with E-state index in [2.05, 4.69) is 0 Å². The molecule has 0 spiro atoms. The predicted octanol–water partition coefficient (Wildman–Crippen LogP) is 4.05. The molecule has 1 nitrogen and oxygen atoms in total. The molecule has 0 aliphatic heterocycles. The number of carbonyl (C=O) groups excluding carboxylic acids is 1. The van der Waals surface area contributed by atoms with Crippen molar-refractivity contribution in [3.05, 3.63) is 34.3 Å². The Balaban J connectivity index is 3.22. The second-order valence-electron chi connectivity index (χ2n) is 3.53. The highest BCUT2D eigenvalue weighted by Gasteiger charge is 2.34. The minimum Gasteiger partial charge on any atom is -0.303 e. The molecule has 0 aromatic heterocycles. The fourth-order valence-electron chi connectivity index (χ4n) is 1.48. The van der Waals surface area contributed by atoms with E-state index in [1.807, 2.05) is 0 Å². The number of rotatable bonds is 3. The maximum Gasteiger partial charge on any atom is 0.416 e. The Kier molecular flexibility index (Phi) is 3.97. The summed E-state index contributed by atoms with van der Waals surface area (Å²) in [6.07, 6.45) is -3.78. The Morgan fingerprint density at radius 1 is 1.44 bits per heavy atom. The van der Waals surface area contributed by atoms with Crippen LogP contribution in [0.25, 0.3) is 0 Å². The standard InChI is InChI=1S/C11H10ClF3O/c1-7(4-5-16)9-3-2-8(12)6-10(9)11(13,14)15/h2-3,5-7H,4H2,1H3. The van der Waals surface area contributed by atoms with Crippen LogP contribution in [0.15, 0.2) is 18.2 Å². The minimum atomic E-state index is -4.45. The molecule has 1 rings (SSSR count). The molecule has 1 aromatic carbocycles. The van der Waals surface area contributed by atoms with E-state index in [0.717, 1.165) is 6.07 Å². The maximum absolute atomic E-state index is 12.7. The van der Waals surface area contributed by atoms with Crippen molar-refractivity contribution in [2.45, 2.75) is 25.4 Å². The van der Waals surface area contributed by atoms with Gasteiger partial charge in [0.1, 0.15) is 6.29 Å². The first kappa shape index (κ1) is 13.0. The fourth-order valence-corrected chi connectivity index (χ4v) is 1.65. The van der Waals surface area contributed by atoms with Gasteiger partial charge in [0, 0.05) is 11.4 Å². The smallest absolute Gasteiger partial charge is 0.303 e. The van der Waals surface area contributed by atoms with E-state index in [-0.39, 0.29) is 17.0 Å². The molecule has 0 amide bonds. The summed E-state index contributed by atoms with van der Waals surface area (Å²) in [7, 11) is 0. The largest absolute Gasteiger partial charge is 0.416 e. The molecule has 0 saturated carbocycles. The Bertz CT molecular complexity index is 387.